The lowest BCUT2D eigenvalue weighted by atomic mass is 10.1. The number of halogens is 2. The summed E-state index contributed by atoms with van der Waals surface area (Å²) in [5.74, 6) is 0.735. The van der Waals surface area contributed by atoms with Gasteiger partial charge in [0, 0.05) is 43.3 Å². The molecule has 0 aromatic heterocycles. The average molecular weight is 477 g/mol. The minimum absolute atomic E-state index is 0.0981. The molecular weight excluding hydrogens is 447 g/mol. The standard InChI is InChI=1S/C25H30ClFN2O4/c26-20-5-9-23(10-6-20)33-17-22(30)14-28-11-12-32-24(15-28)16-29(13-18-1-2-18)25(31)19-3-7-21(27)8-4-19/h3-10,18,22,24,30H,1-2,11-17H2/t22-,24+/m1/s1. The molecule has 0 unspecified atom stereocenters. The first-order valence-electron chi connectivity index (χ1n) is 11.4. The Morgan fingerprint density at radius 3 is 2.61 bits per heavy atom. The molecule has 178 valence electrons. The van der Waals surface area contributed by atoms with E-state index in [0.717, 1.165) is 12.8 Å². The molecule has 8 heteroatoms. The second-order valence-electron chi connectivity index (χ2n) is 8.83. The van der Waals surface area contributed by atoms with Crippen LogP contribution in [-0.2, 0) is 4.74 Å². The van der Waals surface area contributed by atoms with Crippen molar-refractivity contribution < 1.29 is 23.8 Å². The quantitative estimate of drug-likeness (QED) is 0.569. The van der Waals surface area contributed by atoms with Crippen LogP contribution in [0.4, 0.5) is 4.39 Å². The van der Waals surface area contributed by atoms with Crippen molar-refractivity contribution in [3.05, 3.63) is 64.9 Å². The Morgan fingerprint density at radius 1 is 1.18 bits per heavy atom. The van der Waals surface area contributed by atoms with Crippen LogP contribution in [-0.4, -0.2) is 79.0 Å². The topological polar surface area (TPSA) is 62.2 Å². The Hall–Kier alpha value is -2.19. The van der Waals surface area contributed by atoms with E-state index in [2.05, 4.69) is 4.90 Å². The van der Waals surface area contributed by atoms with Gasteiger partial charge in [-0.15, -0.1) is 0 Å². The van der Waals surface area contributed by atoms with Crippen molar-refractivity contribution in [1.29, 1.82) is 0 Å². The molecule has 33 heavy (non-hydrogen) atoms. The number of β-amino-alcohol motifs (C(OH)–C–C–N with tert-alkyl or cyclic N) is 1. The number of rotatable bonds is 10. The molecule has 1 heterocycles. The third-order valence-electron chi connectivity index (χ3n) is 5.93. The van der Waals surface area contributed by atoms with Gasteiger partial charge in [0.1, 0.15) is 24.3 Å². The molecule has 1 amide bonds. The Kier molecular flexibility index (Phi) is 8.20. The van der Waals surface area contributed by atoms with Crippen LogP contribution in [0.3, 0.4) is 0 Å². The molecule has 6 nitrogen and oxygen atoms in total. The number of carbonyl (C=O) groups excluding carboxylic acids is 1. The Labute approximate surface area is 198 Å². The van der Waals surface area contributed by atoms with E-state index in [1.807, 2.05) is 4.90 Å². The van der Waals surface area contributed by atoms with Crippen molar-refractivity contribution in [2.45, 2.75) is 25.0 Å². The van der Waals surface area contributed by atoms with Crippen molar-refractivity contribution in [1.82, 2.24) is 9.80 Å². The summed E-state index contributed by atoms with van der Waals surface area (Å²) >= 11 is 5.88. The van der Waals surface area contributed by atoms with Gasteiger partial charge in [-0.1, -0.05) is 11.6 Å². The minimum atomic E-state index is -0.650. The van der Waals surface area contributed by atoms with Crippen LogP contribution < -0.4 is 4.74 Å². The summed E-state index contributed by atoms with van der Waals surface area (Å²) < 4.78 is 24.9. The molecular formula is C25H30ClFN2O4. The third-order valence-corrected chi connectivity index (χ3v) is 6.18. The molecule has 0 radical (unpaired) electrons. The fraction of sp³-hybridized carbons (Fsp3) is 0.480. The Balaban J connectivity index is 1.29. The highest BCUT2D eigenvalue weighted by molar-refractivity contribution is 6.30. The van der Waals surface area contributed by atoms with Gasteiger partial charge in [0.15, 0.2) is 0 Å². The molecule has 1 saturated carbocycles. The molecule has 1 aliphatic heterocycles. The van der Waals surface area contributed by atoms with Gasteiger partial charge in [-0.2, -0.15) is 0 Å². The highest BCUT2D eigenvalue weighted by Gasteiger charge is 2.31. The van der Waals surface area contributed by atoms with E-state index in [4.69, 9.17) is 21.1 Å². The molecule has 2 fully saturated rings. The number of hydrogen-bond acceptors (Lipinski definition) is 5. The number of aliphatic hydroxyl groups excluding tert-OH is 1. The number of carbonyl (C=O) groups is 1. The van der Waals surface area contributed by atoms with E-state index >= 15 is 0 Å². The van der Waals surface area contributed by atoms with Gasteiger partial charge < -0.3 is 19.5 Å². The molecule has 2 aromatic rings. The van der Waals surface area contributed by atoms with E-state index in [1.165, 1.54) is 24.3 Å². The molecule has 0 spiro atoms. The molecule has 1 N–H and O–H groups in total. The van der Waals surface area contributed by atoms with E-state index in [9.17, 15) is 14.3 Å². The van der Waals surface area contributed by atoms with Gasteiger partial charge >= 0.3 is 0 Å². The normalized spacial score (nSPS) is 19.8. The van der Waals surface area contributed by atoms with Crippen molar-refractivity contribution >= 4 is 17.5 Å². The Bertz CT molecular complexity index is 908. The van der Waals surface area contributed by atoms with Crippen LogP contribution in [0.15, 0.2) is 48.5 Å². The van der Waals surface area contributed by atoms with Crippen LogP contribution in [0.2, 0.25) is 5.02 Å². The minimum Gasteiger partial charge on any atom is -0.491 e. The lowest BCUT2D eigenvalue weighted by Crippen LogP contribution is -2.51. The van der Waals surface area contributed by atoms with Crippen LogP contribution >= 0.6 is 11.6 Å². The third kappa shape index (κ3) is 7.40. The first-order chi connectivity index (χ1) is 16.0. The maximum atomic E-state index is 13.3. The number of hydrogen-bond donors (Lipinski definition) is 1. The average Bonchev–Trinajstić information content (AvgIpc) is 3.63. The SMILES string of the molecule is O=C(c1ccc(F)cc1)N(CC1CC1)C[C@@H]1CN(C[C@@H](O)COc2ccc(Cl)cc2)CCO1. The smallest absolute Gasteiger partial charge is 0.253 e. The molecule has 2 aromatic carbocycles. The first kappa shape index (κ1) is 24.0. The number of aliphatic hydroxyl groups is 1. The predicted octanol–water partition coefficient (Wildman–Crippen LogP) is 3.47. The molecule has 1 saturated heterocycles. The number of morpholine rings is 1. The zero-order valence-electron chi connectivity index (χ0n) is 18.5. The van der Waals surface area contributed by atoms with E-state index in [1.54, 1.807) is 24.3 Å². The summed E-state index contributed by atoms with van der Waals surface area (Å²) in [6.45, 7) is 3.67. The zero-order valence-corrected chi connectivity index (χ0v) is 19.3. The van der Waals surface area contributed by atoms with Crippen LogP contribution in [0, 0.1) is 11.7 Å². The van der Waals surface area contributed by atoms with E-state index in [0.29, 0.717) is 61.6 Å². The van der Waals surface area contributed by atoms with E-state index < -0.39 is 6.10 Å². The summed E-state index contributed by atoms with van der Waals surface area (Å²) in [6.07, 6.45) is 1.46. The van der Waals surface area contributed by atoms with Crippen molar-refractivity contribution in [3.8, 4) is 5.75 Å². The van der Waals surface area contributed by atoms with Crippen LogP contribution in [0.1, 0.15) is 23.2 Å². The lowest BCUT2D eigenvalue weighted by Gasteiger charge is -2.36. The highest BCUT2D eigenvalue weighted by Crippen LogP contribution is 2.30. The number of benzene rings is 2. The summed E-state index contributed by atoms with van der Waals surface area (Å²) in [5.41, 5.74) is 0.486. The molecule has 2 aliphatic rings. The largest absolute Gasteiger partial charge is 0.491 e. The summed E-state index contributed by atoms with van der Waals surface area (Å²) in [5, 5.41) is 11.1. The first-order valence-corrected chi connectivity index (χ1v) is 11.8. The Morgan fingerprint density at radius 2 is 1.91 bits per heavy atom. The zero-order chi connectivity index (χ0) is 23.2. The van der Waals surface area contributed by atoms with Crippen molar-refractivity contribution in [3.63, 3.8) is 0 Å². The van der Waals surface area contributed by atoms with Crippen molar-refractivity contribution in [2.75, 3.05) is 45.9 Å². The molecule has 0 bridgehead atoms. The molecule has 1 aliphatic carbocycles. The number of amides is 1. The highest BCUT2D eigenvalue weighted by atomic mass is 35.5. The maximum absolute atomic E-state index is 13.3. The van der Waals surface area contributed by atoms with Gasteiger partial charge in [-0.05, 0) is 67.3 Å². The molecule has 4 rings (SSSR count). The summed E-state index contributed by atoms with van der Waals surface area (Å²) in [4.78, 5) is 17.0. The summed E-state index contributed by atoms with van der Waals surface area (Å²) in [7, 11) is 0. The van der Waals surface area contributed by atoms with Gasteiger partial charge in [-0.25, -0.2) is 4.39 Å². The summed E-state index contributed by atoms with van der Waals surface area (Å²) in [6, 6.07) is 12.7. The van der Waals surface area contributed by atoms with Gasteiger partial charge in [0.25, 0.3) is 5.91 Å². The van der Waals surface area contributed by atoms with Gasteiger partial charge in [0.2, 0.25) is 0 Å². The van der Waals surface area contributed by atoms with Gasteiger partial charge in [-0.3, -0.25) is 9.69 Å². The number of ether oxygens (including phenoxy) is 2. The second kappa shape index (κ2) is 11.3. The fourth-order valence-electron chi connectivity index (χ4n) is 4.00. The maximum Gasteiger partial charge on any atom is 0.253 e. The van der Waals surface area contributed by atoms with Crippen molar-refractivity contribution in [2.24, 2.45) is 5.92 Å². The predicted molar refractivity (Wildman–Crippen MR) is 124 cm³/mol. The number of nitrogens with zero attached hydrogens (tertiary/aromatic N) is 2. The lowest BCUT2D eigenvalue weighted by molar-refractivity contribution is -0.0538. The fourth-order valence-corrected chi connectivity index (χ4v) is 4.13. The monoisotopic (exact) mass is 476 g/mol. The van der Waals surface area contributed by atoms with Crippen LogP contribution in [0.5, 0.6) is 5.75 Å². The second-order valence-corrected chi connectivity index (χ2v) is 9.27. The van der Waals surface area contributed by atoms with Crippen LogP contribution in [0.25, 0.3) is 0 Å². The van der Waals surface area contributed by atoms with E-state index in [-0.39, 0.29) is 24.4 Å². The molecule has 2 atom stereocenters. The van der Waals surface area contributed by atoms with Gasteiger partial charge in [0.05, 0.1) is 12.7 Å².